The van der Waals surface area contributed by atoms with Crippen LogP contribution in [0.25, 0.3) is 0 Å². The molecule has 0 atom stereocenters. The van der Waals surface area contributed by atoms with Crippen LogP contribution in [0.1, 0.15) is 44.9 Å². The molecule has 1 aliphatic carbocycles. The van der Waals surface area contributed by atoms with Crippen molar-refractivity contribution in [2.45, 2.75) is 51.0 Å². The Bertz CT molecular complexity index is 265. The van der Waals surface area contributed by atoms with Gasteiger partial charge < -0.3 is 10.4 Å². The smallest absolute Gasteiger partial charge is 0.328 e. The number of amides is 1. The lowest BCUT2D eigenvalue weighted by Gasteiger charge is -2.20. The molecule has 1 fully saturated rings. The summed E-state index contributed by atoms with van der Waals surface area (Å²) < 4.78 is 0. The number of rotatable bonds is 3. The quantitative estimate of drug-likeness (QED) is 0.720. The molecule has 0 bridgehead atoms. The number of carboxylic acids is 1. The molecule has 0 spiro atoms. The van der Waals surface area contributed by atoms with E-state index < -0.39 is 5.97 Å². The summed E-state index contributed by atoms with van der Waals surface area (Å²) in [5, 5.41) is 11.2. The van der Waals surface area contributed by atoms with Crippen LogP contribution in [0, 0.1) is 0 Å². The molecular formula is C12H19NO3. The fourth-order valence-corrected chi connectivity index (χ4v) is 2.00. The molecule has 1 aliphatic rings. The van der Waals surface area contributed by atoms with Crippen LogP contribution in [0.2, 0.25) is 0 Å². The summed E-state index contributed by atoms with van der Waals surface area (Å²) in [6, 6.07) is 0.214. The Hall–Kier alpha value is -1.32. The molecule has 0 radical (unpaired) electrons. The number of hydrogen-bond donors (Lipinski definition) is 2. The summed E-state index contributed by atoms with van der Waals surface area (Å²) in [4.78, 5) is 21.6. The Labute approximate surface area is 95.7 Å². The molecule has 2 N–H and O–H groups in total. The monoisotopic (exact) mass is 225 g/mol. The maximum atomic E-state index is 11.4. The van der Waals surface area contributed by atoms with E-state index in [2.05, 4.69) is 5.32 Å². The van der Waals surface area contributed by atoms with Crippen molar-refractivity contribution in [3.63, 3.8) is 0 Å². The van der Waals surface area contributed by atoms with Crippen molar-refractivity contribution in [3.8, 4) is 0 Å². The molecule has 1 saturated carbocycles. The van der Waals surface area contributed by atoms with Gasteiger partial charge in [-0.15, -0.1) is 0 Å². The zero-order valence-electron chi connectivity index (χ0n) is 9.45. The van der Waals surface area contributed by atoms with Crippen molar-refractivity contribution >= 4 is 11.9 Å². The van der Waals surface area contributed by atoms with Gasteiger partial charge in [0.15, 0.2) is 0 Å². The molecule has 1 rings (SSSR count). The zero-order valence-corrected chi connectivity index (χ0v) is 9.45. The topological polar surface area (TPSA) is 66.4 Å². The summed E-state index contributed by atoms with van der Waals surface area (Å²) in [5.41, 5.74) is 0. The Morgan fingerprint density at radius 3 is 2.12 bits per heavy atom. The van der Waals surface area contributed by atoms with Crippen LogP contribution in [0.3, 0.4) is 0 Å². The lowest BCUT2D eigenvalue weighted by Crippen LogP contribution is -2.34. The standard InChI is InChI=1S/C12H19NO3/c14-11(8-9-12(15)16)13-10-6-4-2-1-3-5-7-10/h8-10H,1-7H2,(H,13,14)(H,15,16)/b9-8+. The fourth-order valence-electron chi connectivity index (χ4n) is 2.00. The lowest BCUT2D eigenvalue weighted by atomic mass is 9.97. The highest BCUT2D eigenvalue weighted by atomic mass is 16.4. The molecular weight excluding hydrogens is 206 g/mol. The van der Waals surface area contributed by atoms with E-state index in [4.69, 9.17) is 5.11 Å². The van der Waals surface area contributed by atoms with Gasteiger partial charge in [-0.2, -0.15) is 0 Å². The fraction of sp³-hybridized carbons (Fsp3) is 0.667. The van der Waals surface area contributed by atoms with E-state index in [9.17, 15) is 9.59 Å². The van der Waals surface area contributed by atoms with Gasteiger partial charge in [0.2, 0.25) is 5.91 Å². The third-order valence-corrected chi connectivity index (χ3v) is 2.83. The minimum Gasteiger partial charge on any atom is -0.478 e. The van der Waals surface area contributed by atoms with Gasteiger partial charge in [0.05, 0.1) is 0 Å². The van der Waals surface area contributed by atoms with Crippen LogP contribution in [0.4, 0.5) is 0 Å². The molecule has 0 heterocycles. The number of nitrogens with one attached hydrogen (secondary N) is 1. The highest BCUT2D eigenvalue weighted by molar-refractivity contribution is 5.93. The highest BCUT2D eigenvalue weighted by Gasteiger charge is 2.12. The maximum Gasteiger partial charge on any atom is 0.328 e. The second-order valence-corrected chi connectivity index (χ2v) is 4.22. The van der Waals surface area contributed by atoms with E-state index in [0.717, 1.165) is 37.8 Å². The van der Waals surface area contributed by atoms with E-state index >= 15 is 0 Å². The van der Waals surface area contributed by atoms with Crippen molar-refractivity contribution in [1.82, 2.24) is 5.32 Å². The molecule has 1 amide bonds. The number of carbonyl (C=O) groups is 2. The molecule has 0 saturated heterocycles. The minimum atomic E-state index is -1.09. The molecule has 0 unspecified atom stereocenters. The summed E-state index contributed by atoms with van der Waals surface area (Å²) >= 11 is 0. The van der Waals surface area contributed by atoms with Crippen LogP contribution in [0.15, 0.2) is 12.2 Å². The van der Waals surface area contributed by atoms with Crippen LogP contribution in [-0.4, -0.2) is 23.0 Å². The van der Waals surface area contributed by atoms with E-state index in [0.29, 0.717) is 0 Å². The van der Waals surface area contributed by atoms with Gasteiger partial charge in [0.25, 0.3) is 0 Å². The first-order chi connectivity index (χ1) is 7.68. The van der Waals surface area contributed by atoms with Gasteiger partial charge in [-0.3, -0.25) is 4.79 Å². The molecule has 0 aromatic carbocycles. The summed E-state index contributed by atoms with van der Waals surface area (Å²) in [7, 11) is 0. The highest BCUT2D eigenvalue weighted by Crippen LogP contribution is 2.16. The largest absolute Gasteiger partial charge is 0.478 e. The first-order valence-electron chi connectivity index (χ1n) is 5.90. The van der Waals surface area contributed by atoms with Crippen LogP contribution in [0.5, 0.6) is 0 Å². The van der Waals surface area contributed by atoms with Gasteiger partial charge >= 0.3 is 5.97 Å². The first kappa shape index (κ1) is 12.7. The van der Waals surface area contributed by atoms with Crippen molar-refractivity contribution in [2.24, 2.45) is 0 Å². The predicted molar refractivity (Wildman–Crippen MR) is 61.0 cm³/mol. The van der Waals surface area contributed by atoms with E-state index in [-0.39, 0.29) is 11.9 Å². The number of hydrogen-bond acceptors (Lipinski definition) is 2. The molecule has 4 nitrogen and oxygen atoms in total. The maximum absolute atomic E-state index is 11.4. The van der Waals surface area contributed by atoms with Crippen molar-refractivity contribution in [2.75, 3.05) is 0 Å². The molecule has 0 aromatic heterocycles. The minimum absolute atomic E-state index is 0.214. The molecule has 0 aromatic rings. The van der Waals surface area contributed by atoms with Gasteiger partial charge in [0.1, 0.15) is 0 Å². The molecule has 90 valence electrons. The average Bonchev–Trinajstić information content (AvgIpc) is 2.19. The second-order valence-electron chi connectivity index (χ2n) is 4.22. The normalized spacial score (nSPS) is 19.0. The number of carboxylic acid groups (broad SMARTS) is 1. The molecule has 16 heavy (non-hydrogen) atoms. The second kappa shape index (κ2) is 7.04. The van der Waals surface area contributed by atoms with Crippen molar-refractivity contribution in [3.05, 3.63) is 12.2 Å². The van der Waals surface area contributed by atoms with Gasteiger partial charge in [-0.25, -0.2) is 4.79 Å². The Morgan fingerprint density at radius 2 is 1.56 bits per heavy atom. The number of aliphatic carboxylic acids is 1. The van der Waals surface area contributed by atoms with Gasteiger partial charge in [-0.05, 0) is 12.8 Å². The Balaban J connectivity index is 2.33. The molecule has 4 heteroatoms. The third-order valence-electron chi connectivity index (χ3n) is 2.83. The Morgan fingerprint density at radius 1 is 1.00 bits per heavy atom. The summed E-state index contributed by atoms with van der Waals surface area (Å²) in [6.45, 7) is 0. The number of carbonyl (C=O) groups excluding carboxylic acids is 1. The lowest BCUT2D eigenvalue weighted by molar-refractivity contribution is -0.131. The van der Waals surface area contributed by atoms with Gasteiger partial charge in [0, 0.05) is 18.2 Å². The summed E-state index contributed by atoms with van der Waals surface area (Å²) in [5.74, 6) is -1.39. The molecule has 0 aliphatic heterocycles. The third kappa shape index (κ3) is 5.53. The zero-order chi connectivity index (χ0) is 11.8. The van der Waals surface area contributed by atoms with Crippen LogP contribution >= 0.6 is 0 Å². The van der Waals surface area contributed by atoms with Crippen molar-refractivity contribution in [1.29, 1.82) is 0 Å². The van der Waals surface area contributed by atoms with E-state index in [1.54, 1.807) is 0 Å². The predicted octanol–water partition coefficient (Wildman–Crippen LogP) is 1.86. The average molecular weight is 225 g/mol. The summed E-state index contributed by atoms with van der Waals surface area (Å²) in [6.07, 6.45) is 10.0. The van der Waals surface area contributed by atoms with Gasteiger partial charge in [-0.1, -0.05) is 32.1 Å². The van der Waals surface area contributed by atoms with Crippen LogP contribution in [-0.2, 0) is 9.59 Å². The van der Waals surface area contributed by atoms with Crippen molar-refractivity contribution < 1.29 is 14.7 Å². The SMILES string of the molecule is O=C(O)/C=C/C(=O)NC1CCCCCCC1. The van der Waals surface area contributed by atoms with E-state index in [1.807, 2.05) is 0 Å². The van der Waals surface area contributed by atoms with Crippen LogP contribution < -0.4 is 5.32 Å². The Kier molecular flexibility index (Phi) is 5.61. The first-order valence-corrected chi connectivity index (χ1v) is 5.90. The van der Waals surface area contributed by atoms with E-state index in [1.165, 1.54) is 19.3 Å².